The van der Waals surface area contributed by atoms with E-state index in [2.05, 4.69) is 10.0 Å². The molecule has 0 fully saturated rings. The highest BCUT2D eigenvalue weighted by atomic mass is 32.2. The number of hydrogen-bond acceptors (Lipinski definition) is 3. The lowest BCUT2D eigenvalue weighted by atomic mass is 10.1. The third-order valence-corrected chi connectivity index (χ3v) is 4.68. The van der Waals surface area contributed by atoms with E-state index in [1.807, 2.05) is 26.0 Å². The van der Waals surface area contributed by atoms with Gasteiger partial charge in [-0.1, -0.05) is 32.4 Å². The molecule has 0 aliphatic carbocycles. The van der Waals surface area contributed by atoms with Gasteiger partial charge in [0.1, 0.15) is 0 Å². The van der Waals surface area contributed by atoms with E-state index in [-0.39, 0.29) is 17.7 Å². The fraction of sp³-hybridized carbons (Fsp3) is 0.533. The van der Waals surface area contributed by atoms with E-state index < -0.39 is 10.0 Å². The van der Waals surface area contributed by atoms with Gasteiger partial charge in [0.2, 0.25) is 15.9 Å². The molecule has 5 nitrogen and oxygen atoms in total. The van der Waals surface area contributed by atoms with Gasteiger partial charge in [0.15, 0.2) is 0 Å². The lowest BCUT2D eigenvalue weighted by Crippen LogP contribution is -2.29. The van der Waals surface area contributed by atoms with Gasteiger partial charge in [-0.15, -0.1) is 0 Å². The summed E-state index contributed by atoms with van der Waals surface area (Å²) >= 11 is 0. The fourth-order valence-electron chi connectivity index (χ4n) is 1.84. The molecule has 1 aromatic carbocycles. The summed E-state index contributed by atoms with van der Waals surface area (Å²) < 4.78 is 26.4. The average molecular weight is 312 g/mol. The van der Waals surface area contributed by atoms with Crippen LogP contribution in [0.1, 0.15) is 51.6 Å². The molecule has 0 radical (unpaired) electrons. The molecule has 1 atom stereocenters. The van der Waals surface area contributed by atoms with Gasteiger partial charge in [0.05, 0.1) is 5.75 Å². The van der Waals surface area contributed by atoms with Gasteiger partial charge in [0.25, 0.3) is 0 Å². The molecule has 0 bridgehead atoms. The fourth-order valence-corrected chi connectivity index (χ4v) is 3.30. The van der Waals surface area contributed by atoms with Crippen LogP contribution in [-0.4, -0.2) is 20.1 Å². The summed E-state index contributed by atoms with van der Waals surface area (Å²) in [7, 11) is -3.24. The van der Waals surface area contributed by atoms with E-state index in [1.165, 1.54) is 0 Å². The normalized spacial score (nSPS) is 12.9. The van der Waals surface area contributed by atoms with Gasteiger partial charge in [-0.3, -0.25) is 4.79 Å². The summed E-state index contributed by atoms with van der Waals surface area (Å²) in [5.74, 6) is 0.106. The van der Waals surface area contributed by atoms with E-state index in [0.29, 0.717) is 18.5 Å². The maximum Gasteiger partial charge on any atom is 0.224 e. The number of carbonyl (C=O) groups is 1. The van der Waals surface area contributed by atoms with Crippen molar-refractivity contribution in [2.24, 2.45) is 0 Å². The standard InChI is InChI=1S/C15H24N2O3S/c1-4-6-11-21(19,20)17-12(3)13-7-9-14(10-8-13)16-15(18)5-2/h7-10,12,17H,4-6,11H2,1-3H3,(H,16,18)/t12-/m0/s1. The molecule has 0 aliphatic rings. The van der Waals surface area contributed by atoms with E-state index in [4.69, 9.17) is 0 Å². The van der Waals surface area contributed by atoms with Crippen LogP contribution in [0.2, 0.25) is 0 Å². The molecule has 0 heterocycles. The lowest BCUT2D eigenvalue weighted by molar-refractivity contribution is -0.115. The maximum atomic E-state index is 11.9. The number of hydrogen-bond donors (Lipinski definition) is 2. The Morgan fingerprint density at radius 3 is 2.33 bits per heavy atom. The second-order valence-electron chi connectivity index (χ2n) is 5.04. The molecular weight excluding hydrogens is 288 g/mol. The molecule has 118 valence electrons. The molecule has 0 saturated heterocycles. The monoisotopic (exact) mass is 312 g/mol. The summed E-state index contributed by atoms with van der Waals surface area (Å²) in [6, 6.07) is 6.90. The largest absolute Gasteiger partial charge is 0.326 e. The Labute approximate surface area is 127 Å². The summed E-state index contributed by atoms with van der Waals surface area (Å²) in [6.07, 6.45) is 1.93. The third kappa shape index (κ3) is 6.27. The SMILES string of the molecule is CCCCS(=O)(=O)N[C@@H](C)c1ccc(NC(=O)CC)cc1. The average Bonchev–Trinajstić information content (AvgIpc) is 2.45. The van der Waals surface area contributed by atoms with E-state index in [9.17, 15) is 13.2 Å². The number of nitrogens with one attached hydrogen (secondary N) is 2. The highest BCUT2D eigenvalue weighted by molar-refractivity contribution is 7.89. The van der Waals surface area contributed by atoms with Crippen LogP contribution in [0.25, 0.3) is 0 Å². The Morgan fingerprint density at radius 2 is 1.81 bits per heavy atom. The van der Waals surface area contributed by atoms with Crippen LogP contribution in [0.15, 0.2) is 24.3 Å². The third-order valence-electron chi connectivity index (χ3n) is 3.14. The van der Waals surface area contributed by atoms with Crippen molar-refractivity contribution in [3.05, 3.63) is 29.8 Å². The molecule has 0 aliphatic heterocycles. The predicted molar refractivity (Wildman–Crippen MR) is 85.6 cm³/mol. The molecule has 21 heavy (non-hydrogen) atoms. The Morgan fingerprint density at radius 1 is 1.19 bits per heavy atom. The van der Waals surface area contributed by atoms with E-state index in [1.54, 1.807) is 19.1 Å². The quantitative estimate of drug-likeness (QED) is 0.775. The molecule has 0 saturated carbocycles. The minimum absolute atomic E-state index is 0.0453. The smallest absolute Gasteiger partial charge is 0.224 e. The molecule has 0 unspecified atom stereocenters. The Bertz CT molecular complexity index is 553. The number of amides is 1. The zero-order valence-corrected chi connectivity index (χ0v) is 13.7. The summed E-state index contributed by atoms with van der Waals surface area (Å²) in [5.41, 5.74) is 1.58. The summed E-state index contributed by atoms with van der Waals surface area (Å²) in [4.78, 5) is 11.3. The zero-order valence-electron chi connectivity index (χ0n) is 12.8. The van der Waals surface area contributed by atoms with Crippen molar-refractivity contribution >= 4 is 21.6 Å². The molecule has 1 amide bonds. The molecule has 6 heteroatoms. The Balaban J connectivity index is 2.66. The highest BCUT2D eigenvalue weighted by Crippen LogP contribution is 2.17. The highest BCUT2D eigenvalue weighted by Gasteiger charge is 2.15. The number of benzene rings is 1. The van der Waals surface area contributed by atoms with Crippen LogP contribution in [0, 0.1) is 0 Å². The van der Waals surface area contributed by atoms with Crippen LogP contribution < -0.4 is 10.0 Å². The van der Waals surface area contributed by atoms with Crippen molar-refractivity contribution in [3.63, 3.8) is 0 Å². The molecule has 0 aromatic heterocycles. The topological polar surface area (TPSA) is 75.3 Å². The van der Waals surface area contributed by atoms with Crippen molar-refractivity contribution in [1.29, 1.82) is 0 Å². The van der Waals surface area contributed by atoms with Gasteiger partial charge >= 0.3 is 0 Å². The molecule has 1 rings (SSSR count). The molecule has 0 spiro atoms. The van der Waals surface area contributed by atoms with Crippen LogP contribution in [0.3, 0.4) is 0 Å². The minimum atomic E-state index is -3.24. The van der Waals surface area contributed by atoms with Gasteiger partial charge in [-0.2, -0.15) is 0 Å². The number of carbonyl (C=O) groups excluding carboxylic acids is 1. The number of rotatable bonds is 8. The Hall–Kier alpha value is -1.40. The van der Waals surface area contributed by atoms with Crippen molar-refractivity contribution in [3.8, 4) is 0 Å². The van der Waals surface area contributed by atoms with Gasteiger partial charge in [-0.05, 0) is 31.0 Å². The zero-order chi connectivity index (χ0) is 15.9. The first-order valence-corrected chi connectivity index (χ1v) is 8.93. The van der Waals surface area contributed by atoms with Crippen molar-refractivity contribution < 1.29 is 13.2 Å². The first-order valence-electron chi connectivity index (χ1n) is 7.27. The second-order valence-corrected chi connectivity index (χ2v) is 6.91. The van der Waals surface area contributed by atoms with Crippen LogP contribution in [0.4, 0.5) is 5.69 Å². The van der Waals surface area contributed by atoms with Gasteiger partial charge in [0, 0.05) is 18.2 Å². The number of anilines is 1. The summed E-state index contributed by atoms with van der Waals surface area (Å²) in [6.45, 7) is 5.56. The Kier molecular flexibility index (Phi) is 6.84. The predicted octanol–water partition coefficient (Wildman–Crippen LogP) is 2.82. The van der Waals surface area contributed by atoms with Crippen molar-refractivity contribution in [1.82, 2.24) is 4.72 Å². The van der Waals surface area contributed by atoms with Crippen LogP contribution in [0.5, 0.6) is 0 Å². The number of sulfonamides is 1. The van der Waals surface area contributed by atoms with Gasteiger partial charge < -0.3 is 5.32 Å². The lowest BCUT2D eigenvalue weighted by Gasteiger charge is -2.15. The van der Waals surface area contributed by atoms with Crippen molar-refractivity contribution in [2.75, 3.05) is 11.1 Å². The van der Waals surface area contributed by atoms with E-state index in [0.717, 1.165) is 12.0 Å². The van der Waals surface area contributed by atoms with Crippen LogP contribution in [-0.2, 0) is 14.8 Å². The minimum Gasteiger partial charge on any atom is -0.326 e. The van der Waals surface area contributed by atoms with Crippen LogP contribution >= 0.6 is 0 Å². The molecule has 1 aromatic rings. The number of unbranched alkanes of at least 4 members (excludes halogenated alkanes) is 1. The molecular formula is C15H24N2O3S. The first-order chi connectivity index (χ1) is 9.88. The summed E-state index contributed by atoms with van der Waals surface area (Å²) in [5, 5.41) is 2.76. The maximum absolute atomic E-state index is 11.9. The van der Waals surface area contributed by atoms with Crippen molar-refractivity contribution in [2.45, 2.75) is 46.1 Å². The second kappa shape index (κ2) is 8.14. The van der Waals surface area contributed by atoms with Gasteiger partial charge in [-0.25, -0.2) is 13.1 Å². The molecule has 2 N–H and O–H groups in total. The first kappa shape index (κ1) is 17.7. The van der Waals surface area contributed by atoms with E-state index >= 15 is 0 Å².